The van der Waals surface area contributed by atoms with Crippen molar-refractivity contribution in [1.82, 2.24) is 5.43 Å². The van der Waals surface area contributed by atoms with Gasteiger partial charge in [-0.05, 0) is 42.5 Å². The highest BCUT2D eigenvalue weighted by atomic mass is 79.9. The lowest BCUT2D eigenvalue weighted by molar-refractivity contribution is -0.384. The van der Waals surface area contributed by atoms with Crippen molar-refractivity contribution in [3.8, 4) is 17.1 Å². The van der Waals surface area contributed by atoms with Crippen LogP contribution in [0.15, 0.2) is 74.7 Å². The minimum Gasteiger partial charge on any atom is -0.484 e. The van der Waals surface area contributed by atoms with Crippen LogP contribution in [-0.2, 0) is 4.79 Å². The molecule has 1 N–H and O–H groups in total. The number of non-ortho nitro benzene ring substituents is 1. The summed E-state index contributed by atoms with van der Waals surface area (Å²) >= 11 is 3.32. The van der Waals surface area contributed by atoms with E-state index in [1.165, 1.54) is 18.3 Å². The molecule has 9 heteroatoms. The van der Waals surface area contributed by atoms with Crippen molar-refractivity contribution in [2.24, 2.45) is 5.10 Å². The molecule has 0 fully saturated rings. The first-order chi connectivity index (χ1) is 13.5. The predicted octanol–water partition coefficient (Wildman–Crippen LogP) is 4.15. The van der Waals surface area contributed by atoms with Gasteiger partial charge in [-0.25, -0.2) is 5.43 Å². The second kappa shape index (κ2) is 8.96. The molecule has 1 aromatic heterocycles. The average molecular weight is 444 g/mol. The van der Waals surface area contributed by atoms with Gasteiger partial charge in [-0.15, -0.1) is 0 Å². The summed E-state index contributed by atoms with van der Waals surface area (Å²) in [4.78, 5) is 22.0. The second-order valence-electron chi connectivity index (χ2n) is 5.55. The lowest BCUT2D eigenvalue weighted by atomic mass is 10.1. The van der Waals surface area contributed by atoms with E-state index in [2.05, 4.69) is 26.5 Å². The van der Waals surface area contributed by atoms with E-state index < -0.39 is 10.8 Å². The Morgan fingerprint density at radius 2 is 2.00 bits per heavy atom. The SMILES string of the molecule is O=C(COc1cccc(Br)c1)NN=Cc1ccc(-c2ccc([N+](=O)[O-])cc2)o1. The topological polar surface area (TPSA) is 107 Å². The molecule has 28 heavy (non-hydrogen) atoms. The van der Waals surface area contributed by atoms with Crippen molar-refractivity contribution in [1.29, 1.82) is 0 Å². The van der Waals surface area contributed by atoms with Gasteiger partial charge >= 0.3 is 0 Å². The molecule has 0 saturated carbocycles. The maximum atomic E-state index is 11.8. The van der Waals surface area contributed by atoms with Gasteiger partial charge in [0.2, 0.25) is 0 Å². The normalized spacial score (nSPS) is 10.8. The lowest BCUT2D eigenvalue weighted by Crippen LogP contribution is -2.24. The number of ether oxygens (including phenoxy) is 1. The minimum absolute atomic E-state index is 0.00452. The molecule has 3 aromatic rings. The molecule has 0 aliphatic carbocycles. The number of carbonyl (C=O) groups is 1. The molecule has 0 bridgehead atoms. The van der Waals surface area contributed by atoms with Crippen LogP contribution in [0.1, 0.15) is 5.76 Å². The number of carbonyl (C=O) groups excluding carboxylic acids is 1. The van der Waals surface area contributed by atoms with Gasteiger partial charge in [-0.1, -0.05) is 22.0 Å². The third-order valence-corrected chi connectivity index (χ3v) is 4.03. The second-order valence-corrected chi connectivity index (χ2v) is 6.46. The first-order valence-corrected chi connectivity index (χ1v) is 8.85. The van der Waals surface area contributed by atoms with Crippen molar-refractivity contribution in [2.75, 3.05) is 6.61 Å². The van der Waals surface area contributed by atoms with Crippen molar-refractivity contribution in [2.45, 2.75) is 0 Å². The molecule has 1 amide bonds. The molecule has 0 unspecified atom stereocenters. The number of hydrogen-bond acceptors (Lipinski definition) is 6. The number of hydrogen-bond donors (Lipinski definition) is 1. The largest absolute Gasteiger partial charge is 0.484 e. The highest BCUT2D eigenvalue weighted by Crippen LogP contribution is 2.24. The van der Waals surface area contributed by atoms with Gasteiger partial charge in [-0.3, -0.25) is 14.9 Å². The van der Waals surface area contributed by atoms with Gasteiger partial charge in [0.25, 0.3) is 11.6 Å². The van der Waals surface area contributed by atoms with Crippen molar-refractivity contribution >= 4 is 33.7 Å². The molecule has 0 aliphatic heterocycles. The summed E-state index contributed by atoms with van der Waals surface area (Å²) in [6.45, 7) is -0.181. The number of nitro benzene ring substituents is 1. The van der Waals surface area contributed by atoms with Gasteiger partial charge in [0.05, 0.1) is 11.1 Å². The molecular formula is C19H14BrN3O5. The molecule has 0 aliphatic rings. The lowest BCUT2D eigenvalue weighted by Gasteiger charge is -2.04. The first kappa shape index (κ1) is 19.3. The molecule has 2 aromatic carbocycles. The fourth-order valence-electron chi connectivity index (χ4n) is 2.23. The van der Waals surface area contributed by atoms with E-state index >= 15 is 0 Å². The quantitative estimate of drug-likeness (QED) is 0.335. The summed E-state index contributed by atoms with van der Waals surface area (Å²) in [5.41, 5.74) is 3.04. The molecular weight excluding hydrogens is 430 g/mol. The Bertz CT molecular complexity index is 1010. The summed E-state index contributed by atoms with van der Waals surface area (Å²) in [5.74, 6) is 1.09. The summed E-state index contributed by atoms with van der Waals surface area (Å²) in [6, 6.07) is 16.5. The molecule has 0 radical (unpaired) electrons. The van der Waals surface area contributed by atoms with Crippen LogP contribution in [0.5, 0.6) is 5.75 Å². The Balaban J connectivity index is 1.52. The predicted molar refractivity (Wildman–Crippen MR) is 106 cm³/mol. The van der Waals surface area contributed by atoms with Crippen LogP contribution in [-0.4, -0.2) is 23.7 Å². The van der Waals surface area contributed by atoms with E-state index in [9.17, 15) is 14.9 Å². The Hall–Kier alpha value is -3.46. The highest BCUT2D eigenvalue weighted by Gasteiger charge is 2.08. The van der Waals surface area contributed by atoms with Crippen LogP contribution in [0.25, 0.3) is 11.3 Å². The molecule has 142 valence electrons. The summed E-state index contributed by atoms with van der Waals surface area (Å²) < 4.78 is 11.8. The average Bonchev–Trinajstić information content (AvgIpc) is 3.15. The Morgan fingerprint density at radius 3 is 2.71 bits per heavy atom. The van der Waals surface area contributed by atoms with E-state index in [0.717, 1.165) is 4.47 Å². The van der Waals surface area contributed by atoms with Crippen LogP contribution >= 0.6 is 15.9 Å². The van der Waals surface area contributed by atoms with E-state index in [-0.39, 0.29) is 12.3 Å². The number of furan rings is 1. The van der Waals surface area contributed by atoms with Gasteiger partial charge < -0.3 is 9.15 Å². The van der Waals surface area contributed by atoms with Crippen LogP contribution < -0.4 is 10.2 Å². The van der Waals surface area contributed by atoms with Crippen LogP contribution in [0, 0.1) is 10.1 Å². The minimum atomic E-state index is -0.465. The standard InChI is InChI=1S/C19H14BrN3O5/c20-14-2-1-3-16(10-14)27-12-19(24)22-21-11-17-8-9-18(28-17)13-4-6-15(7-5-13)23(25)26/h1-11H,12H2,(H,22,24). The number of nitro groups is 1. The molecule has 8 nitrogen and oxygen atoms in total. The molecule has 0 saturated heterocycles. The highest BCUT2D eigenvalue weighted by molar-refractivity contribution is 9.10. The van der Waals surface area contributed by atoms with Crippen LogP contribution in [0.4, 0.5) is 5.69 Å². The fraction of sp³-hybridized carbons (Fsp3) is 0.0526. The maximum Gasteiger partial charge on any atom is 0.277 e. The van der Waals surface area contributed by atoms with Crippen molar-refractivity contribution in [3.05, 3.63) is 81.0 Å². The van der Waals surface area contributed by atoms with Gasteiger partial charge in [0.1, 0.15) is 17.3 Å². The number of benzene rings is 2. The third kappa shape index (κ3) is 5.27. The van der Waals surface area contributed by atoms with E-state index in [1.807, 2.05) is 6.07 Å². The zero-order valence-corrected chi connectivity index (χ0v) is 16.0. The number of rotatable bonds is 7. The number of nitrogens with zero attached hydrogens (tertiary/aromatic N) is 2. The van der Waals surface area contributed by atoms with Crippen molar-refractivity contribution in [3.63, 3.8) is 0 Å². The third-order valence-electron chi connectivity index (χ3n) is 3.54. The number of halogens is 1. The Kier molecular flexibility index (Phi) is 6.18. The molecule has 0 atom stereocenters. The number of amides is 1. The summed E-state index contributed by atoms with van der Waals surface area (Å²) in [7, 11) is 0. The smallest absolute Gasteiger partial charge is 0.277 e. The number of hydrazone groups is 1. The maximum absolute atomic E-state index is 11.8. The van der Waals surface area contributed by atoms with Crippen LogP contribution in [0.3, 0.4) is 0 Å². The zero-order valence-electron chi connectivity index (χ0n) is 14.4. The molecule has 3 rings (SSSR count). The Morgan fingerprint density at radius 1 is 1.21 bits per heavy atom. The van der Waals surface area contributed by atoms with E-state index in [0.29, 0.717) is 22.8 Å². The van der Waals surface area contributed by atoms with Gasteiger partial charge in [0, 0.05) is 22.2 Å². The van der Waals surface area contributed by atoms with E-state index in [4.69, 9.17) is 9.15 Å². The zero-order chi connectivity index (χ0) is 19.9. The van der Waals surface area contributed by atoms with E-state index in [1.54, 1.807) is 42.5 Å². The van der Waals surface area contributed by atoms with Gasteiger partial charge in [0.15, 0.2) is 6.61 Å². The first-order valence-electron chi connectivity index (χ1n) is 8.06. The molecule has 0 spiro atoms. The Labute approximate surface area is 168 Å². The van der Waals surface area contributed by atoms with Gasteiger partial charge in [-0.2, -0.15) is 5.10 Å². The summed E-state index contributed by atoms with van der Waals surface area (Å²) in [5, 5.41) is 14.5. The monoisotopic (exact) mass is 443 g/mol. The fourth-order valence-corrected chi connectivity index (χ4v) is 2.61. The molecule has 1 heterocycles. The summed E-state index contributed by atoms with van der Waals surface area (Å²) in [6.07, 6.45) is 1.35. The van der Waals surface area contributed by atoms with Crippen molar-refractivity contribution < 1.29 is 18.9 Å². The van der Waals surface area contributed by atoms with Crippen LogP contribution in [0.2, 0.25) is 0 Å². The number of nitrogens with one attached hydrogen (secondary N) is 1.